The third kappa shape index (κ3) is 6.58. The molecule has 1 heterocycles. The van der Waals surface area contributed by atoms with Gasteiger partial charge in [-0.15, -0.1) is 0 Å². The molecule has 0 unspecified atom stereocenters. The lowest BCUT2D eigenvalue weighted by molar-refractivity contribution is -0.199. The first-order valence-electron chi connectivity index (χ1n) is 13.6. The van der Waals surface area contributed by atoms with E-state index in [4.69, 9.17) is 15.0 Å². The molecule has 3 saturated carbocycles. The van der Waals surface area contributed by atoms with Gasteiger partial charge in [-0.05, 0) is 62.2 Å². The molecule has 1 aliphatic heterocycles. The molecule has 6 atom stereocenters. The highest BCUT2D eigenvalue weighted by Gasteiger charge is 2.68. The quantitative estimate of drug-likeness (QED) is 0.0789. The average molecular weight is 516 g/mol. The van der Waals surface area contributed by atoms with E-state index in [1.54, 1.807) is 13.1 Å². The lowest BCUT2D eigenvalue weighted by Gasteiger charge is -2.64. The molecule has 4 rings (SSSR count). The summed E-state index contributed by atoms with van der Waals surface area (Å²) >= 11 is 0. The van der Waals surface area contributed by atoms with Crippen LogP contribution in [0.25, 0.3) is 0 Å². The van der Waals surface area contributed by atoms with Crippen molar-refractivity contribution in [3.8, 4) is 0 Å². The third-order valence-corrected chi connectivity index (χ3v) is 8.58. The van der Waals surface area contributed by atoms with E-state index in [-0.39, 0.29) is 34.9 Å². The minimum atomic E-state index is -0.718. The highest BCUT2D eigenvalue weighted by molar-refractivity contribution is 6.48. The molecule has 5 N–H and O–H groups in total. The Kier molecular flexibility index (Phi) is 9.50. The zero-order valence-electron chi connectivity index (χ0n) is 23.4. The summed E-state index contributed by atoms with van der Waals surface area (Å²) in [5.41, 5.74) is 5.60. The Morgan fingerprint density at radius 1 is 1.24 bits per heavy atom. The lowest BCUT2D eigenvalue weighted by Crippen LogP contribution is -2.65. The highest BCUT2D eigenvalue weighted by Crippen LogP contribution is 2.65. The van der Waals surface area contributed by atoms with Crippen LogP contribution in [0.15, 0.2) is 29.8 Å². The van der Waals surface area contributed by atoms with Crippen molar-refractivity contribution in [3.63, 3.8) is 0 Å². The Hall–Kier alpha value is -2.33. The molecule has 4 fully saturated rings. The van der Waals surface area contributed by atoms with Crippen LogP contribution in [0.3, 0.4) is 0 Å². The van der Waals surface area contributed by atoms with E-state index < -0.39 is 13.2 Å². The molecular weight excluding hydrogens is 469 g/mol. The normalized spacial score (nSPS) is 29.9. The molecule has 1 saturated heterocycles. The number of nitrogens with two attached hydrogens (primary N) is 1. The van der Waals surface area contributed by atoms with Gasteiger partial charge in [-0.3, -0.25) is 14.6 Å². The molecule has 206 valence electrons. The zero-order valence-corrected chi connectivity index (χ0v) is 23.4. The Labute approximate surface area is 222 Å². The maximum Gasteiger partial charge on any atom is 0.481 e. The molecule has 0 aromatic carbocycles. The standard InChI is InChI=1S/C27H46BN5O4/c1-8-9-12-23(34)32-19(11-10-13-31-25(29)30-7)24(35)33-22(14-17(2)3)28-36-21-16-18-15-20(26(18,4)5)27(21,6)37-28/h8-9,12,17-22H,1,10-11,13-16H2,2-7H3,(H,32,34)(H,33,35)(H3,29,30,31)/b12-9+/t18-,19-,20-,21+,22-,27-/m0/s1. The second-order valence-electron chi connectivity index (χ2n) is 11.9. The van der Waals surface area contributed by atoms with Crippen molar-refractivity contribution < 1.29 is 18.9 Å². The first kappa shape index (κ1) is 29.2. The molecule has 0 radical (unpaired) electrons. The van der Waals surface area contributed by atoms with Crippen molar-refractivity contribution in [2.75, 3.05) is 13.6 Å². The molecule has 3 aliphatic carbocycles. The largest absolute Gasteiger partial charge is 0.481 e. The van der Waals surface area contributed by atoms with Gasteiger partial charge in [-0.25, -0.2) is 0 Å². The number of hydrogen-bond acceptors (Lipinski definition) is 5. The number of hydrogen-bond donors (Lipinski definition) is 4. The maximum atomic E-state index is 13.5. The van der Waals surface area contributed by atoms with Gasteiger partial charge in [0.25, 0.3) is 0 Å². The van der Waals surface area contributed by atoms with E-state index in [0.29, 0.717) is 49.5 Å². The van der Waals surface area contributed by atoms with Gasteiger partial charge >= 0.3 is 7.12 Å². The minimum Gasteiger partial charge on any atom is -0.404 e. The molecule has 2 amide bonds. The molecule has 9 nitrogen and oxygen atoms in total. The Bertz CT molecular complexity index is 907. The van der Waals surface area contributed by atoms with Gasteiger partial charge in [0, 0.05) is 19.7 Å². The van der Waals surface area contributed by atoms with E-state index in [2.05, 4.69) is 62.1 Å². The Morgan fingerprint density at radius 2 is 1.97 bits per heavy atom. The van der Waals surface area contributed by atoms with Gasteiger partial charge in [0.2, 0.25) is 11.8 Å². The molecule has 0 spiro atoms. The predicted molar refractivity (Wildman–Crippen MR) is 148 cm³/mol. The Morgan fingerprint density at radius 3 is 2.59 bits per heavy atom. The Balaban J connectivity index is 1.70. The number of aliphatic imine (C=N–C) groups is 1. The average Bonchev–Trinajstić information content (AvgIpc) is 3.20. The number of nitrogens with one attached hydrogen (secondary N) is 3. The summed E-state index contributed by atoms with van der Waals surface area (Å²) < 4.78 is 13.2. The molecule has 10 heteroatoms. The molecule has 0 aromatic heterocycles. The van der Waals surface area contributed by atoms with E-state index in [1.165, 1.54) is 18.6 Å². The van der Waals surface area contributed by atoms with E-state index >= 15 is 0 Å². The smallest absolute Gasteiger partial charge is 0.404 e. The minimum absolute atomic E-state index is 0.0390. The van der Waals surface area contributed by atoms with Crippen LogP contribution in [0.2, 0.25) is 0 Å². The van der Waals surface area contributed by atoms with Crippen LogP contribution in [0.4, 0.5) is 0 Å². The van der Waals surface area contributed by atoms with Gasteiger partial charge in [0.15, 0.2) is 5.96 Å². The number of carbonyl (C=O) groups is 2. The fraction of sp³-hybridized carbons (Fsp3) is 0.741. The highest BCUT2D eigenvalue weighted by atomic mass is 16.7. The number of amides is 2. The van der Waals surface area contributed by atoms with Crippen molar-refractivity contribution in [2.24, 2.45) is 33.9 Å². The summed E-state index contributed by atoms with van der Waals surface area (Å²) in [5, 5.41) is 8.99. The zero-order chi connectivity index (χ0) is 27.4. The second-order valence-corrected chi connectivity index (χ2v) is 11.9. The summed E-state index contributed by atoms with van der Waals surface area (Å²) in [7, 11) is 1.09. The van der Waals surface area contributed by atoms with Crippen LogP contribution in [0, 0.1) is 23.2 Å². The third-order valence-electron chi connectivity index (χ3n) is 8.58. The van der Waals surface area contributed by atoms with Gasteiger partial charge in [-0.2, -0.15) is 0 Å². The van der Waals surface area contributed by atoms with Crippen LogP contribution >= 0.6 is 0 Å². The van der Waals surface area contributed by atoms with Crippen molar-refractivity contribution in [1.82, 2.24) is 16.0 Å². The number of nitrogens with zero attached hydrogens (tertiary/aromatic N) is 1. The fourth-order valence-corrected chi connectivity index (χ4v) is 6.35. The summed E-state index contributed by atoms with van der Waals surface area (Å²) in [6, 6.07) is -0.718. The lowest BCUT2D eigenvalue weighted by atomic mass is 9.43. The van der Waals surface area contributed by atoms with E-state index in [0.717, 1.165) is 6.42 Å². The van der Waals surface area contributed by atoms with Gasteiger partial charge in [-0.1, -0.05) is 46.4 Å². The first-order valence-corrected chi connectivity index (χ1v) is 13.6. The van der Waals surface area contributed by atoms with E-state index in [9.17, 15) is 9.59 Å². The van der Waals surface area contributed by atoms with Crippen LogP contribution in [-0.2, 0) is 18.9 Å². The van der Waals surface area contributed by atoms with Crippen LogP contribution in [-0.4, -0.2) is 62.2 Å². The number of carbonyl (C=O) groups excluding carboxylic acids is 2. The predicted octanol–water partition coefficient (Wildman–Crippen LogP) is 2.33. The number of rotatable bonds is 12. The van der Waals surface area contributed by atoms with Crippen LogP contribution < -0.4 is 21.7 Å². The first-order chi connectivity index (χ1) is 17.4. The second kappa shape index (κ2) is 12.0. The molecular formula is C27H46BN5O4. The monoisotopic (exact) mass is 515 g/mol. The summed E-state index contributed by atoms with van der Waals surface area (Å²) in [4.78, 5) is 29.8. The van der Waals surface area contributed by atoms with Gasteiger partial charge in [0.05, 0.1) is 17.6 Å². The number of allylic oxidation sites excluding steroid dienone is 2. The van der Waals surface area contributed by atoms with Crippen molar-refractivity contribution in [2.45, 2.75) is 90.4 Å². The molecule has 2 bridgehead atoms. The SMILES string of the molecule is C=C/C=C/C(=O)N[C@@H](CCCNC(N)=NC)C(=O)N[C@@H](CC(C)C)B1O[C@@H]2C[C@@H]3C[C@@H](C3(C)C)[C@]2(C)O1. The topological polar surface area (TPSA) is 127 Å². The molecule has 37 heavy (non-hydrogen) atoms. The molecule has 4 aliphatic rings. The fourth-order valence-electron chi connectivity index (χ4n) is 6.35. The summed E-state index contributed by atoms with van der Waals surface area (Å²) in [6.07, 6.45) is 8.38. The maximum absolute atomic E-state index is 13.5. The molecule has 0 aromatic rings. The summed E-state index contributed by atoms with van der Waals surface area (Å²) in [5.74, 6) is 0.833. The summed E-state index contributed by atoms with van der Waals surface area (Å²) in [6.45, 7) is 15.2. The van der Waals surface area contributed by atoms with E-state index in [1.807, 2.05) is 0 Å². The van der Waals surface area contributed by atoms with Gasteiger partial charge < -0.3 is 31.0 Å². The van der Waals surface area contributed by atoms with Crippen LogP contribution in [0.1, 0.15) is 66.7 Å². The van der Waals surface area contributed by atoms with Crippen molar-refractivity contribution in [3.05, 3.63) is 24.8 Å². The van der Waals surface area contributed by atoms with Crippen LogP contribution in [0.5, 0.6) is 0 Å². The van der Waals surface area contributed by atoms with Gasteiger partial charge in [0.1, 0.15) is 6.04 Å². The van der Waals surface area contributed by atoms with Crippen molar-refractivity contribution in [1.29, 1.82) is 0 Å². The number of guanidine groups is 1. The van der Waals surface area contributed by atoms with Crippen molar-refractivity contribution >= 4 is 24.9 Å².